The molecule has 0 aliphatic heterocycles. The van der Waals surface area contributed by atoms with Gasteiger partial charge in [-0.15, -0.1) is 0 Å². The van der Waals surface area contributed by atoms with Gasteiger partial charge in [0.1, 0.15) is 0 Å². The molecule has 0 radical (unpaired) electrons. The molecule has 11 heteroatoms. The van der Waals surface area contributed by atoms with E-state index in [1.165, 1.54) is 6.92 Å². The SMILES string of the molecule is CCO/C(=C\Sc1c(F)c(F)cc(F)c1F)Sc1c(F)c(F)cc(F)c1F. The molecule has 0 fully saturated rings. The van der Waals surface area contributed by atoms with E-state index < -0.39 is 61.4 Å². The van der Waals surface area contributed by atoms with E-state index in [1.54, 1.807) is 0 Å². The Balaban J connectivity index is 2.40. The third kappa shape index (κ3) is 4.70. The maximum absolute atomic E-state index is 13.7. The van der Waals surface area contributed by atoms with Gasteiger partial charge in [0.2, 0.25) is 0 Å². The summed E-state index contributed by atoms with van der Waals surface area (Å²) in [7, 11) is 0. The van der Waals surface area contributed by atoms with Crippen LogP contribution in [0.2, 0.25) is 0 Å². The number of benzene rings is 2. The van der Waals surface area contributed by atoms with Crippen molar-refractivity contribution < 1.29 is 39.9 Å². The van der Waals surface area contributed by atoms with E-state index in [2.05, 4.69) is 0 Å². The number of ether oxygens (including phenoxy) is 1. The van der Waals surface area contributed by atoms with Crippen molar-refractivity contribution in [1.82, 2.24) is 0 Å². The van der Waals surface area contributed by atoms with E-state index >= 15 is 0 Å². The highest BCUT2D eigenvalue weighted by Crippen LogP contribution is 2.37. The average Bonchev–Trinajstić information content (AvgIpc) is 2.61. The summed E-state index contributed by atoms with van der Waals surface area (Å²) in [6.07, 6.45) is 0. The summed E-state index contributed by atoms with van der Waals surface area (Å²) in [5.41, 5.74) is 0. The molecule has 0 aliphatic rings. The third-order valence-corrected chi connectivity index (χ3v) is 4.98. The van der Waals surface area contributed by atoms with Crippen molar-refractivity contribution in [3.63, 3.8) is 0 Å². The maximum Gasteiger partial charge on any atom is 0.176 e. The Hall–Kier alpha value is -1.88. The third-order valence-electron chi connectivity index (χ3n) is 2.91. The standard InChI is InChI=1S/C16H8F8OS2/c1-2-25-10(27-16-13(23)8(19)4-9(20)14(16)24)5-26-15-11(21)6(17)3-7(18)12(15)22/h3-5H,2H2,1H3/b10-5+. The van der Waals surface area contributed by atoms with E-state index in [-0.39, 0.29) is 42.3 Å². The minimum Gasteiger partial charge on any atom is -0.487 e. The number of hydrogen-bond acceptors (Lipinski definition) is 3. The van der Waals surface area contributed by atoms with Crippen molar-refractivity contribution in [2.45, 2.75) is 16.7 Å². The highest BCUT2D eigenvalue weighted by atomic mass is 32.2. The van der Waals surface area contributed by atoms with Gasteiger partial charge in [-0.3, -0.25) is 0 Å². The number of thioether (sulfide) groups is 2. The summed E-state index contributed by atoms with van der Waals surface area (Å²) in [5.74, 6) is -13.4. The van der Waals surface area contributed by atoms with E-state index in [1.807, 2.05) is 0 Å². The van der Waals surface area contributed by atoms with E-state index in [9.17, 15) is 35.1 Å². The Morgan fingerprint density at radius 2 is 1.19 bits per heavy atom. The Labute approximate surface area is 156 Å². The minimum absolute atomic E-state index is 0.00776. The second kappa shape index (κ2) is 8.87. The fourth-order valence-corrected chi connectivity index (χ4v) is 3.51. The first kappa shape index (κ1) is 21.4. The predicted molar refractivity (Wildman–Crippen MR) is 84.0 cm³/mol. The lowest BCUT2D eigenvalue weighted by Crippen LogP contribution is -1.99. The molecule has 27 heavy (non-hydrogen) atoms. The summed E-state index contributed by atoms with van der Waals surface area (Å²) in [4.78, 5) is -2.17. The highest BCUT2D eigenvalue weighted by Gasteiger charge is 2.23. The molecule has 0 amide bonds. The Bertz CT molecular complexity index is 848. The molecule has 0 atom stereocenters. The second-order valence-corrected chi connectivity index (χ2v) is 6.58. The van der Waals surface area contributed by atoms with Crippen molar-refractivity contribution in [1.29, 1.82) is 0 Å². The topological polar surface area (TPSA) is 9.23 Å². The molecule has 0 saturated carbocycles. The average molecular weight is 432 g/mol. The van der Waals surface area contributed by atoms with Crippen LogP contribution in [-0.2, 0) is 4.74 Å². The molecule has 0 bridgehead atoms. The van der Waals surface area contributed by atoms with Gasteiger partial charge in [-0.05, 0) is 18.7 Å². The molecular weight excluding hydrogens is 424 g/mol. The predicted octanol–water partition coefficient (Wildman–Crippen LogP) is 6.52. The molecule has 2 rings (SSSR count). The zero-order valence-corrected chi connectivity index (χ0v) is 14.8. The van der Waals surface area contributed by atoms with Gasteiger partial charge in [-0.25, -0.2) is 35.1 Å². The lowest BCUT2D eigenvalue weighted by atomic mass is 10.3. The smallest absolute Gasteiger partial charge is 0.176 e. The molecule has 0 N–H and O–H groups in total. The molecule has 2 aromatic rings. The molecular formula is C16H8F8OS2. The normalized spacial score (nSPS) is 11.8. The Morgan fingerprint density at radius 3 is 1.59 bits per heavy atom. The molecule has 0 spiro atoms. The van der Waals surface area contributed by atoms with Gasteiger partial charge in [0.05, 0.1) is 16.4 Å². The fraction of sp³-hybridized carbons (Fsp3) is 0.125. The minimum atomic E-state index is -1.70. The first-order valence-electron chi connectivity index (χ1n) is 7.00. The highest BCUT2D eigenvalue weighted by molar-refractivity contribution is 8.06. The summed E-state index contributed by atoms with van der Waals surface area (Å²) >= 11 is 0.209. The second-order valence-electron chi connectivity index (χ2n) is 4.68. The molecule has 0 aromatic heterocycles. The van der Waals surface area contributed by atoms with Crippen LogP contribution in [0.15, 0.2) is 32.4 Å². The lowest BCUT2D eigenvalue weighted by molar-refractivity contribution is 0.258. The molecule has 0 saturated heterocycles. The van der Waals surface area contributed by atoms with Crippen LogP contribution in [0, 0.1) is 46.5 Å². The van der Waals surface area contributed by atoms with Gasteiger partial charge >= 0.3 is 0 Å². The zero-order chi connectivity index (χ0) is 20.3. The largest absolute Gasteiger partial charge is 0.487 e. The molecule has 2 aromatic carbocycles. The molecule has 0 aliphatic carbocycles. The fourth-order valence-electron chi connectivity index (χ4n) is 1.73. The van der Waals surface area contributed by atoms with E-state index in [4.69, 9.17) is 4.74 Å². The summed E-state index contributed by atoms with van der Waals surface area (Å²) in [5, 5.41) is 0.365. The van der Waals surface area contributed by atoms with Crippen LogP contribution in [0.25, 0.3) is 0 Å². The van der Waals surface area contributed by atoms with Crippen LogP contribution in [0.1, 0.15) is 6.92 Å². The monoisotopic (exact) mass is 432 g/mol. The van der Waals surface area contributed by atoms with Gasteiger partial charge in [0, 0.05) is 17.5 Å². The van der Waals surface area contributed by atoms with Gasteiger partial charge in [-0.2, -0.15) is 0 Å². The van der Waals surface area contributed by atoms with E-state index in [0.29, 0.717) is 0 Å². The van der Waals surface area contributed by atoms with Gasteiger partial charge in [0.15, 0.2) is 51.6 Å². The molecule has 0 heterocycles. The molecule has 0 unspecified atom stereocenters. The van der Waals surface area contributed by atoms with Crippen LogP contribution >= 0.6 is 23.5 Å². The Morgan fingerprint density at radius 1 is 0.778 bits per heavy atom. The Kier molecular flexibility index (Phi) is 7.04. The summed E-state index contributed by atoms with van der Waals surface area (Å²) < 4.78 is 113. The van der Waals surface area contributed by atoms with Crippen LogP contribution in [0.3, 0.4) is 0 Å². The molecule has 146 valence electrons. The molecule has 1 nitrogen and oxygen atoms in total. The zero-order valence-electron chi connectivity index (χ0n) is 13.2. The quantitative estimate of drug-likeness (QED) is 0.223. The summed E-state index contributed by atoms with van der Waals surface area (Å²) in [6, 6.07) is 0.0186. The number of halogens is 8. The number of hydrogen-bond donors (Lipinski definition) is 0. The van der Waals surface area contributed by atoms with E-state index in [0.717, 1.165) is 5.41 Å². The summed E-state index contributed by atoms with van der Waals surface area (Å²) in [6.45, 7) is 1.35. The number of rotatable bonds is 6. The first-order valence-corrected chi connectivity index (χ1v) is 8.70. The maximum atomic E-state index is 13.7. The van der Waals surface area contributed by atoms with Crippen LogP contribution in [-0.4, -0.2) is 6.61 Å². The van der Waals surface area contributed by atoms with Gasteiger partial charge < -0.3 is 4.74 Å². The van der Waals surface area contributed by atoms with Crippen molar-refractivity contribution in [3.05, 3.63) is 69.2 Å². The van der Waals surface area contributed by atoms with Crippen LogP contribution in [0.4, 0.5) is 35.1 Å². The lowest BCUT2D eigenvalue weighted by Gasteiger charge is -2.11. The van der Waals surface area contributed by atoms with Crippen LogP contribution < -0.4 is 0 Å². The van der Waals surface area contributed by atoms with Crippen molar-refractivity contribution in [2.75, 3.05) is 6.61 Å². The van der Waals surface area contributed by atoms with Crippen molar-refractivity contribution in [2.24, 2.45) is 0 Å². The van der Waals surface area contributed by atoms with Gasteiger partial charge in [-0.1, -0.05) is 11.8 Å². The van der Waals surface area contributed by atoms with Crippen molar-refractivity contribution >= 4 is 23.5 Å². The van der Waals surface area contributed by atoms with Crippen LogP contribution in [0.5, 0.6) is 0 Å². The van der Waals surface area contributed by atoms with Crippen molar-refractivity contribution in [3.8, 4) is 0 Å². The first-order chi connectivity index (χ1) is 12.7. The van der Waals surface area contributed by atoms with Gasteiger partial charge in [0.25, 0.3) is 0 Å².